The minimum atomic E-state index is -1.08. The zero-order valence-electron chi connectivity index (χ0n) is 15.2. The van der Waals surface area contributed by atoms with Crippen LogP contribution < -0.4 is 5.32 Å². The van der Waals surface area contributed by atoms with E-state index < -0.39 is 17.9 Å². The summed E-state index contributed by atoms with van der Waals surface area (Å²) < 4.78 is 10.2. The van der Waals surface area contributed by atoms with Crippen molar-refractivity contribution >= 4 is 11.9 Å². The Hall–Kier alpha value is -1.92. The number of nitrogens with zero attached hydrogens (tertiary/aromatic N) is 1. The zero-order valence-corrected chi connectivity index (χ0v) is 15.2. The summed E-state index contributed by atoms with van der Waals surface area (Å²) >= 11 is 0. The van der Waals surface area contributed by atoms with Gasteiger partial charge in [0.1, 0.15) is 5.54 Å². The van der Waals surface area contributed by atoms with Crippen LogP contribution in [-0.2, 0) is 25.2 Å². The van der Waals surface area contributed by atoms with Gasteiger partial charge in [0.05, 0.1) is 6.54 Å². The van der Waals surface area contributed by atoms with Crippen LogP contribution in [0.4, 0.5) is 4.79 Å². The van der Waals surface area contributed by atoms with Crippen molar-refractivity contribution in [1.29, 1.82) is 0 Å². The fourth-order valence-corrected chi connectivity index (χ4v) is 2.76. The van der Waals surface area contributed by atoms with Crippen LogP contribution in [0.3, 0.4) is 0 Å². The molecule has 24 heavy (non-hydrogen) atoms. The molecule has 1 saturated heterocycles. The molecule has 0 spiro atoms. The standard InChI is InChI=1S/C18H26N2O4/c1-17(2,3)12-7-9-13(10-8-12)18(4)15(21)20(16(22)19-18)11-14(23-5)24-6/h7-10,14H,11H2,1-6H3,(H,19,22). The lowest BCUT2D eigenvalue weighted by Gasteiger charge is -2.25. The molecule has 1 fully saturated rings. The van der Waals surface area contributed by atoms with E-state index in [4.69, 9.17) is 9.47 Å². The van der Waals surface area contributed by atoms with Crippen LogP contribution >= 0.6 is 0 Å². The maximum atomic E-state index is 12.8. The normalized spacial score (nSPS) is 21.5. The third-order valence-electron chi connectivity index (χ3n) is 4.46. The molecule has 0 bridgehead atoms. The van der Waals surface area contributed by atoms with Gasteiger partial charge in [0.2, 0.25) is 0 Å². The largest absolute Gasteiger partial charge is 0.354 e. The maximum Gasteiger partial charge on any atom is 0.325 e. The fraction of sp³-hybridized carbons (Fsp3) is 0.556. The van der Waals surface area contributed by atoms with Crippen molar-refractivity contribution in [2.24, 2.45) is 0 Å². The topological polar surface area (TPSA) is 67.9 Å². The highest BCUT2D eigenvalue weighted by atomic mass is 16.7. The number of methoxy groups -OCH3 is 2. The number of urea groups is 1. The SMILES string of the molecule is COC(CN1C(=O)NC(C)(c2ccc(C(C)(C)C)cc2)C1=O)OC. The van der Waals surface area contributed by atoms with E-state index in [9.17, 15) is 9.59 Å². The molecule has 132 valence electrons. The van der Waals surface area contributed by atoms with E-state index in [1.54, 1.807) is 6.92 Å². The van der Waals surface area contributed by atoms with Crippen LogP contribution in [-0.4, -0.2) is 43.9 Å². The van der Waals surface area contributed by atoms with E-state index in [-0.39, 0.29) is 17.9 Å². The van der Waals surface area contributed by atoms with Crippen LogP contribution in [0.1, 0.15) is 38.8 Å². The predicted molar refractivity (Wildman–Crippen MR) is 90.5 cm³/mol. The van der Waals surface area contributed by atoms with E-state index in [1.807, 2.05) is 24.3 Å². The fourth-order valence-electron chi connectivity index (χ4n) is 2.76. The lowest BCUT2D eigenvalue weighted by atomic mass is 9.84. The van der Waals surface area contributed by atoms with Crippen molar-refractivity contribution in [2.45, 2.75) is 44.9 Å². The first-order chi connectivity index (χ1) is 11.1. The van der Waals surface area contributed by atoms with Crippen LogP contribution in [0.25, 0.3) is 0 Å². The molecule has 1 aromatic carbocycles. The summed E-state index contributed by atoms with van der Waals surface area (Å²) in [6.45, 7) is 8.15. The number of rotatable bonds is 5. The molecule has 1 N–H and O–H groups in total. The lowest BCUT2D eigenvalue weighted by Crippen LogP contribution is -2.42. The van der Waals surface area contributed by atoms with Gasteiger partial charge in [0, 0.05) is 14.2 Å². The average Bonchev–Trinajstić information content (AvgIpc) is 2.75. The number of benzene rings is 1. The van der Waals surface area contributed by atoms with E-state index in [1.165, 1.54) is 19.8 Å². The minimum absolute atomic E-state index is 0.0263. The summed E-state index contributed by atoms with van der Waals surface area (Å²) in [5, 5.41) is 2.78. The summed E-state index contributed by atoms with van der Waals surface area (Å²) in [7, 11) is 2.94. The third kappa shape index (κ3) is 3.30. The van der Waals surface area contributed by atoms with Gasteiger partial charge >= 0.3 is 6.03 Å². The number of carbonyl (C=O) groups excluding carboxylic acids is 2. The van der Waals surface area contributed by atoms with Crippen molar-refractivity contribution in [3.8, 4) is 0 Å². The Bertz CT molecular complexity index is 617. The highest BCUT2D eigenvalue weighted by molar-refractivity contribution is 6.07. The van der Waals surface area contributed by atoms with Crippen molar-refractivity contribution < 1.29 is 19.1 Å². The second-order valence-electron chi connectivity index (χ2n) is 7.20. The van der Waals surface area contributed by atoms with E-state index in [0.717, 1.165) is 10.5 Å². The molecule has 3 amide bonds. The first-order valence-electron chi connectivity index (χ1n) is 7.94. The minimum Gasteiger partial charge on any atom is -0.354 e. The van der Waals surface area contributed by atoms with Gasteiger partial charge in [-0.25, -0.2) is 4.79 Å². The number of ether oxygens (including phenoxy) is 2. The van der Waals surface area contributed by atoms with Crippen LogP contribution in [0.5, 0.6) is 0 Å². The van der Waals surface area contributed by atoms with Gasteiger partial charge in [-0.1, -0.05) is 45.0 Å². The molecular weight excluding hydrogens is 308 g/mol. The predicted octanol–water partition coefficient (Wildman–Crippen LogP) is 2.37. The van der Waals surface area contributed by atoms with Crippen molar-refractivity contribution in [3.63, 3.8) is 0 Å². The average molecular weight is 334 g/mol. The summed E-state index contributed by atoms with van der Waals surface area (Å²) in [4.78, 5) is 26.2. The van der Waals surface area contributed by atoms with Crippen molar-refractivity contribution in [2.75, 3.05) is 20.8 Å². The first kappa shape index (κ1) is 18.4. The molecule has 0 aromatic heterocycles. The Labute approximate surface area is 143 Å². The van der Waals surface area contributed by atoms with Gasteiger partial charge in [0.25, 0.3) is 5.91 Å². The summed E-state index contributed by atoms with van der Waals surface area (Å²) in [6, 6.07) is 7.34. The third-order valence-corrected chi connectivity index (χ3v) is 4.46. The Kier molecular flexibility index (Phi) is 5.01. The zero-order chi connectivity index (χ0) is 18.1. The molecule has 1 aliphatic heterocycles. The van der Waals surface area contributed by atoms with E-state index in [2.05, 4.69) is 26.1 Å². The van der Waals surface area contributed by atoms with Crippen LogP contribution in [0.2, 0.25) is 0 Å². The molecule has 0 radical (unpaired) electrons. The van der Waals surface area contributed by atoms with Crippen molar-refractivity contribution in [3.05, 3.63) is 35.4 Å². The Balaban J connectivity index is 2.27. The maximum absolute atomic E-state index is 12.8. The number of hydrogen-bond donors (Lipinski definition) is 1. The summed E-state index contributed by atoms with van der Waals surface area (Å²) in [6.07, 6.45) is -0.648. The van der Waals surface area contributed by atoms with Gasteiger partial charge in [-0.3, -0.25) is 9.69 Å². The quantitative estimate of drug-likeness (QED) is 0.663. The first-order valence-corrected chi connectivity index (χ1v) is 7.94. The second-order valence-corrected chi connectivity index (χ2v) is 7.20. The van der Waals surface area contributed by atoms with Crippen LogP contribution in [0.15, 0.2) is 24.3 Å². The smallest absolute Gasteiger partial charge is 0.325 e. The van der Waals surface area contributed by atoms with Gasteiger partial charge in [-0.2, -0.15) is 0 Å². The molecule has 0 saturated carbocycles. The molecule has 6 nitrogen and oxygen atoms in total. The Morgan fingerprint density at radius 1 is 1.12 bits per heavy atom. The monoisotopic (exact) mass is 334 g/mol. The Morgan fingerprint density at radius 3 is 2.12 bits per heavy atom. The molecule has 0 aliphatic carbocycles. The summed E-state index contributed by atoms with van der Waals surface area (Å²) in [5.41, 5.74) is 0.864. The number of hydrogen-bond acceptors (Lipinski definition) is 4. The molecule has 1 heterocycles. The molecule has 1 aliphatic rings. The highest BCUT2D eigenvalue weighted by Crippen LogP contribution is 2.31. The second kappa shape index (κ2) is 6.53. The molecule has 6 heteroatoms. The van der Waals surface area contributed by atoms with Gasteiger partial charge in [-0.15, -0.1) is 0 Å². The number of carbonyl (C=O) groups is 2. The highest BCUT2D eigenvalue weighted by Gasteiger charge is 2.49. The van der Waals surface area contributed by atoms with E-state index in [0.29, 0.717) is 0 Å². The number of imide groups is 1. The van der Waals surface area contributed by atoms with Gasteiger partial charge < -0.3 is 14.8 Å². The van der Waals surface area contributed by atoms with Crippen LogP contribution in [0, 0.1) is 0 Å². The molecular formula is C18H26N2O4. The molecule has 1 atom stereocenters. The lowest BCUT2D eigenvalue weighted by molar-refractivity contribution is -0.141. The summed E-state index contributed by atoms with van der Waals surface area (Å²) in [5.74, 6) is -0.310. The number of amides is 3. The molecule has 2 rings (SSSR count). The van der Waals surface area contributed by atoms with E-state index >= 15 is 0 Å². The van der Waals surface area contributed by atoms with Gasteiger partial charge in [-0.05, 0) is 23.5 Å². The molecule has 1 aromatic rings. The molecule has 1 unspecified atom stereocenters. The van der Waals surface area contributed by atoms with Crippen molar-refractivity contribution in [1.82, 2.24) is 10.2 Å². The van der Waals surface area contributed by atoms with Gasteiger partial charge in [0.15, 0.2) is 6.29 Å². The number of nitrogens with one attached hydrogen (secondary N) is 1. The Morgan fingerprint density at radius 2 is 1.67 bits per heavy atom.